The fraction of sp³-hybridized carbons (Fsp3) is 0.214. The van der Waals surface area contributed by atoms with Crippen molar-refractivity contribution >= 4 is 21.8 Å². The maximum absolute atomic E-state index is 11.8. The third-order valence-corrected chi connectivity index (χ3v) is 3.10. The summed E-state index contributed by atoms with van der Waals surface area (Å²) in [4.78, 5) is 11.8. The summed E-state index contributed by atoms with van der Waals surface area (Å²) in [5, 5.41) is 2.80. The second-order valence-electron chi connectivity index (χ2n) is 4.10. The van der Waals surface area contributed by atoms with E-state index >= 15 is 0 Å². The number of amides is 1. The third kappa shape index (κ3) is 3.38. The Hall–Kier alpha value is -1.75. The second kappa shape index (κ2) is 5.93. The van der Waals surface area contributed by atoms with Crippen LogP contribution in [-0.2, 0) is 6.54 Å². The molecule has 4 nitrogen and oxygen atoms in total. The molecule has 0 spiro atoms. The highest BCUT2D eigenvalue weighted by Gasteiger charge is 2.11. The van der Waals surface area contributed by atoms with Crippen LogP contribution in [-0.4, -0.2) is 13.0 Å². The summed E-state index contributed by atoms with van der Waals surface area (Å²) >= 11 is 3.16. The van der Waals surface area contributed by atoms with Crippen LogP contribution in [0.25, 0.3) is 0 Å². The summed E-state index contributed by atoms with van der Waals surface area (Å²) in [6.07, 6.45) is 0. The van der Waals surface area contributed by atoms with Crippen molar-refractivity contribution in [3.05, 3.63) is 51.9 Å². The van der Waals surface area contributed by atoms with Crippen molar-refractivity contribution in [3.63, 3.8) is 0 Å². The molecule has 0 unspecified atom stereocenters. The quantitative estimate of drug-likeness (QED) is 0.939. The number of carbonyl (C=O) groups excluding carboxylic acids is 1. The van der Waals surface area contributed by atoms with E-state index in [0.29, 0.717) is 11.2 Å². The minimum atomic E-state index is -0.255. The molecule has 0 bridgehead atoms. The van der Waals surface area contributed by atoms with Crippen molar-refractivity contribution in [1.82, 2.24) is 5.32 Å². The van der Waals surface area contributed by atoms with E-state index < -0.39 is 0 Å². The highest BCUT2D eigenvalue weighted by atomic mass is 79.9. The standard InChI is InChI=1S/C14H14BrNO3/c1-9-3-4-11(18-2)10(7-9)8-16-14(17)12-5-6-13(15)19-12/h3-7H,8H2,1-2H3,(H,16,17). The molecule has 100 valence electrons. The van der Waals surface area contributed by atoms with E-state index in [9.17, 15) is 4.79 Å². The van der Waals surface area contributed by atoms with Crippen LogP contribution < -0.4 is 10.1 Å². The lowest BCUT2D eigenvalue weighted by molar-refractivity contribution is 0.0921. The molecule has 0 saturated carbocycles. The Morgan fingerprint density at radius 3 is 2.79 bits per heavy atom. The molecule has 2 rings (SSSR count). The molecule has 0 aliphatic rings. The van der Waals surface area contributed by atoms with Gasteiger partial charge >= 0.3 is 0 Å². The minimum absolute atomic E-state index is 0.255. The smallest absolute Gasteiger partial charge is 0.287 e. The number of hydrogen-bond donors (Lipinski definition) is 1. The molecule has 1 aromatic carbocycles. The predicted octanol–water partition coefficient (Wildman–Crippen LogP) is 3.29. The average Bonchev–Trinajstić information content (AvgIpc) is 2.83. The first-order chi connectivity index (χ1) is 9.10. The zero-order valence-corrected chi connectivity index (χ0v) is 12.3. The Morgan fingerprint density at radius 1 is 1.37 bits per heavy atom. The number of nitrogens with one attached hydrogen (secondary N) is 1. The van der Waals surface area contributed by atoms with Crippen molar-refractivity contribution in [3.8, 4) is 5.75 Å². The Bertz CT molecular complexity index is 592. The van der Waals surface area contributed by atoms with Crippen LogP contribution in [0.5, 0.6) is 5.75 Å². The van der Waals surface area contributed by atoms with Gasteiger partial charge in [0, 0.05) is 12.1 Å². The number of rotatable bonds is 4. The van der Waals surface area contributed by atoms with Gasteiger partial charge in [-0.2, -0.15) is 0 Å². The Labute approximate surface area is 119 Å². The number of benzene rings is 1. The number of ether oxygens (including phenoxy) is 1. The van der Waals surface area contributed by atoms with E-state index in [-0.39, 0.29) is 11.7 Å². The number of carbonyl (C=O) groups is 1. The molecular formula is C14H14BrNO3. The van der Waals surface area contributed by atoms with Crippen LogP contribution >= 0.6 is 15.9 Å². The number of aryl methyl sites for hydroxylation is 1. The van der Waals surface area contributed by atoms with Gasteiger partial charge in [-0.3, -0.25) is 4.79 Å². The van der Waals surface area contributed by atoms with Crippen molar-refractivity contribution in [2.45, 2.75) is 13.5 Å². The molecule has 1 N–H and O–H groups in total. The normalized spacial score (nSPS) is 10.3. The molecule has 0 saturated heterocycles. The van der Waals surface area contributed by atoms with Gasteiger partial charge in [0.2, 0.25) is 0 Å². The van der Waals surface area contributed by atoms with E-state index in [2.05, 4.69) is 21.2 Å². The monoisotopic (exact) mass is 323 g/mol. The summed E-state index contributed by atoms with van der Waals surface area (Å²) in [5.41, 5.74) is 2.05. The van der Waals surface area contributed by atoms with Crippen molar-refractivity contribution in [1.29, 1.82) is 0 Å². The predicted molar refractivity (Wildman–Crippen MR) is 75.3 cm³/mol. The number of hydrogen-bond acceptors (Lipinski definition) is 3. The van der Waals surface area contributed by atoms with Crippen LogP contribution in [0.3, 0.4) is 0 Å². The van der Waals surface area contributed by atoms with E-state index in [1.165, 1.54) is 0 Å². The molecule has 0 aliphatic carbocycles. The van der Waals surface area contributed by atoms with Crippen LogP contribution in [0.2, 0.25) is 0 Å². The first-order valence-electron chi connectivity index (χ1n) is 5.77. The van der Waals surface area contributed by atoms with Crippen molar-refractivity contribution in [2.75, 3.05) is 7.11 Å². The van der Waals surface area contributed by atoms with Gasteiger partial charge < -0.3 is 14.5 Å². The number of furan rings is 1. The fourth-order valence-electron chi connectivity index (χ4n) is 1.74. The lowest BCUT2D eigenvalue weighted by Gasteiger charge is -2.10. The topological polar surface area (TPSA) is 51.5 Å². The largest absolute Gasteiger partial charge is 0.496 e. The Balaban J connectivity index is 2.06. The van der Waals surface area contributed by atoms with Gasteiger partial charge in [0.05, 0.1) is 7.11 Å². The highest BCUT2D eigenvalue weighted by Crippen LogP contribution is 2.20. The molecular weight excluding hydrogens is 310 g/mol. The van der Waals surface area contributed by atoms with E-state index in [1.807, 2.05) is 25.1 Å². The molecule has 0 atom stereocenters. The van der Waals surface area contributed by atoms with Crippen LogP contribution in [0, 0.1) is 6.92 Å². The van der Waals surface area contributed by atoms with E-state index in [1.54, 1.807) is 19.2 Å². The van der Waals surface area contributed by atoms with Crippen LogP contribution in [0.4, 0.5) is 0 Å². The second-order valence-corrected chi connectivity index (χ2v) is 4.88. The maximum Gasteiger partial charge on any atom is 0.287 e. The highest BCUT2D eigenvalue weighted by molar-refractivity contribution is 9.10. The summed E-state index contributed by atoms with van der Waals surface area (Å²) in [6, 6.07) is 9.14. The Morgan fingerprint density at radius 2 is 2.16 bits per heavy atom. The SMILES string of the molecule is COc1ccc(C)cc1CNC(=O)c1ccc(Br)o1. The zero-order chi connectivity index (χ0) is 13.8. The fourth-order valence-corrected chi connectivity index (χ4v) is 2.05. The molecule has 1 heterocycles. The molecule has 0 radical (unpaired) electrons. The summed E-state index contributed by atoms with van der Waals surface area (Å²) in [5.74, 6) is 0.777. The molecule has 1 amide bonds. The van der Waals surface area contributed by atoms with Gasteiger partial charge in [0.25, 0.3) is 5.91 Å². The zero-order valence-electron chi connectivity index (χ0n) is 10.7. The van der Waals surface area contributed by atoms with Crippen molar-refractivity contribution < 1.29 is 13.9 Å². The van der Waals surface area contributed by atoms with Crippen molar-refractivity contribution in [2.24, 2.45) is 0 Å². The average molecular weight is 324 g/mol. The maximum atomic E-state index is 11.8. The van der Waals surface area contributed by atoms with Gasteiger partial charge in [0.15, 0.2) is 10.4 Å². The van der Waals surface area contributed by atoms with Gasteiger partial charge in [-0.1, -0.05) is 17.7 Å². The first-order valence-corrected chi connectivity index (χ1v) is 6.56. The van der Waals surface area contributed by atoms with Crippen LogP contribution in [0.15, 0.2) is 39.4 Å². The van der Waals surface area contributed by atoms with Gasteiger partial charge in [-0.05, 0) is 41.1 Å². The molecule has 5 heteroatoms. The van der Waals surface area contributed by atoms with Crippen LogP contribution in [0.1, 0.15) is 21.7 Å². The summed E-state index contributed by atoms with van der Waals surface area (Å²) in [7, 11) is 1.61. The molecule has 1 aromatic heterocycles. The van der Waals surface area contributed by atoms with E-state index in [4.69, 9.17) is 9.15 Å². The molecule has 0 aliphatic heterocycles. The lowest BCUT2D eigenvalue weighted by atomic mass is 10.1. The number of halogens is 1. The van der Waals surface area contributed by atoms with Gasteiger partial charge in [-0.15, -0.1) is 0 Å². The Kier molecular flexibility index (Phi) is 4.27. The summed E-state index contributed by atoms with van der Waals surface area (Å²) < 4.78 is 11.0. The summed E-state index contributed by atoms with van der Waals surface area (Å²) in [6.45, 7) is 2.39. The van der Waals surface area contributed by atoms with E-state index in [0.717, 1.165) is 16.9 Å². The molecule has 0 fully saturated rings. The van der Waals surface area contributed by atoms with Gasteiger partial charge in [-0.25, -0.2) is 0 Å². The molecule has 19 heavy (non-hydrogen) atoms. The number of methoxy groups -OCH3 is 1. The lowest BCUT2D eigenvalue weighted by Crippen LogP contribution is -2.22. The van der Waals surface area contributed by atoms with Gasteiger partial charge in [0.1, 0.15) is 5.75 Å². The first kappa shape index (κ1) is 13.7. The molecule has 2 aromatic rings. The minimum Gasteiger partial charge on any atom is -0.496 e. The third-order valence-electron chi connectivity index (χ3n) is 2.67.